The molecule has 0 bridgehead atoms. The number of hydrogen-bond acceptors (Lipinski definition) is 4. The van der Waals surface area contributed by atoms with Crippen molar-refractivity contribution >= 4 is 33.7 Å². The summed E-state index contributed by atoms with van der Waals surface area (Å²) in [6.45, 7) is 0. The zero-order valence-electron chi connectivity index (χ0n) is 15.1. The fourth-order valence-electron chi connectivity index (χ4n) is 2.85. The van der Waals surface area contributed by atoms with Gasteiger partial charge >= 0.3 is 11.4 Å². The fourth-order valence-corrected chi connectivity index (χ4v) is 3.19. The maximum atomic E-state index is 10.8. The van der Waals surface area contributed by atoms with Gasteiger partial charge in [-0.15, -0.1) is 0 Å². The molecule has 0 spiro atoms. The van der Waals surface area contributed by atoms with Crippen molar-refractivity contribution in [2.45, 2.75) is 0 Å². The molecule has 0 heterocycles. The number of nitrogens with zero attached hydrogens (tertiary/aromatic N) is 2. The predicted octanol–water partition coefficient (Wildman–Crippen LogP) is 6.66. The van der Waals surface area contributed by atoms with Crippen LogP contribution in [0.2, 0.25) is 5.02 Å². The highest BCUT2D eigenvalue weighted by Gasteiger charge is 2.29. The Morgan fingerprint density at radius 1 is 0.655 bits per heavy atom. The molecule has 144 valence electrons. The van der Waals surface area contributed by atoms with Gasteiger partial charge in [-0.05, 0) is 16.5 Å². The van der Waals surface area contributed by atoms with Crippen molar-refractivity contribution in [3.05, 3.63) is 116 Å². The lowest BCUT2D eigenvalue weighted by Crippen LogP contribution is -1.97. The molecular formula is C22H15ClN2O4. The van der Waals surface area contributed by atoms with E-state index in [2.05, 4.69) is 48.5 Å². The summed E-state index contributed by atoms with van der Waals surface area (Å²) in [4.78, 5) is 19.9. The number of hydrogen-bond donors (Lipinski definition) is 0. The number of fused-ring (bicyclic) bond motifs is 1. The van der Waals surface area contributed by atoms with Crippen LogP contribution in [-0.4, -0.2) is 9.85 Å². The molecule has 0 fully saturated rings. The van der Waals surface area contributed by atoms with Crippen molar-refractivity contribution in [1.29, 1.82) is 0 Å². The molecule has 4 aromatic rings. The Morgan fingerprint density at radius 2 is 1.14 bits per heavy atom. The Hall–Kier alpha value is -3.77. The maximum absolute atomic E-state index is 10.8. The molecular weight excluding hydrogens is 392 g/mol. The van der Waals surface area contributed by atoms with E-state index in [1.165, 1.54) is 11.1 Å². The first kappa shape index (κ1) is 20.0. The standard InChI is InChI=1S/C12H10.C10H5ClN2O4/c1-3-7-11(8-4-1)12-9-5-2-6-10-12;11-9-7-4-2-1-3-6(7)5-8(12(14)15)10(9)13(16)17/h1-10H;1-5H. The number of nitro benzene ring substituents is 2. The summed E-state index contributed by atoms with van der Waals surface area (Å²) in [5.41, 5.74) is 1.28. The molecule has 0 amide bonds. The van der Waals surface area contributed by atoms with Crippen LogP contribution in [-0.2, 0) is 0 Å². The lowest BCUT2D eigenvalue weighted by atomic mass is 10.1. The minimum atomic E-state index is -0.840. The zero-order valence-corrected chi connectivity index (χ0v) is 15.8. The SMILES string of the molecule is O=[N+]([O-])c1cc2ccccc2c(Cl)c1[N+](=O)[O-].c1ccc(-c2ccccc2)cc1. The van der Waals surface area contributed by atoms with Crippen LogP contribution in [0.15, 0.2) is 91.0 Å². The molecule has 0 radical (unpaired) electrons. The Bertz CT molecular complexity index is 1130. The molecule has 4 aromatic carbocycles. The van der Waals surface area contributed by atoms with Crippen molar-refractivity contribution in [3.8, 4) is 11.1 Å². The molecule has 0 saturated carbocycles. The molecule has 29 heavy (non-hydrogen) atoms. The van der Waals surface area contributed by atoms with E-state index in [9.17, 15) is 20.2 Å². The highest BCUT2D eigenvalue weighted by atomic mass is 35.5. The molecule has 0 saturated heterocycles. The minimum absolute atomic E-state index is 0.209. The lowest BCUT2D eigenvalue weighted by Gasteiger charge is -2.02. The van der Waals surface area contributed by atoms with Crippen molar-refractivity contribution in [3.63, 3.8) is 0 Å². The molecule has 0 atom stereocenters. The van der Waals surface area contributed by atoms with Crippen molar-refractivity contribution in [2.24, 2.45) is 0 Å². The fraction of sp³-hybridized carbons (Fsp3) is 0. The third kappa shape index (κ3) is 4.56. The summed E-state index contributed by atoms with van der Waals surface area (Å²) in [5, 5.41) is 22.3. The summed E-state index contributed by atoms with van der Waals surface area (Å²) >= 11 is 5.84. The van der Waals surface area contributed by atoms with Crippen molar-refractivity contribution in [1.82, 2.24) is 0 Å². The second-order valence-corrected chi connectivity index (χ2v) is 6.40. The average Bonchev–Trinajstić information content (AvgIpc) is 2.75. The van der Waals surface area contributed by atoms with Gasteiger partial charge in [0.1, 0.15) is 5.02 Å². The van der Waals surface area contributed by atoms with Gasteiger partial charge in [-0.2, -0.15) is 0 Å². The molecule has 0 unspecified atom stereocenters. The summed E-state index contributed by atoms with van der Waals surface area (Å²) in [6.07, 6.45) is 0. The van der Waals surface area contributed by atoms with Gasteiger partial charge in [-0.1, -0.05) is 96.5 Å². The number of rotatable bonds is 3. The number of halogens is 1. The first-order valence-corrected chi connectivity index (χ1v) is 8.97. The molecule has 0 aromatic heterocycles. The van der Waals surface area contributed by atoms with Crippen LogP contribution in [0.3, 0.4) is 0 Å². The normalized spacial score (nSPS) is 10.1. The summed E-state index contributed by atoms with van der Waals surface area (Å²) in [7, 11) is 0. The molecule has 0 N–H and O–H groups in total. The van der Waals surface area contributed by atoms with Crippen LogP contribution in [0.1, 0.15) is 0 Å². The monoisotopic (exact) mass is 406 g/mol. The van der Waals surface area contributed by atoms with E-state index in [-0.39, 0.29) is 5.02 Å². The van der Waals surface area contributed by atoms with E-state index < -0.39 is 21.2 Å². The highest BCUT2D eigenvalue weighted by Crippen LogP contribution is 2.40. The van der Waals surface area contributed by atoms with Gasteiger partial charge in [-0.25, -0.2) is 0 Å². The third-order valence-corrected chi connectivity index (χ3v) is 4.58. The molecule has 0 aliphatic heterocycles. The van der Waals surface area contributed by atoms with E-state index in [4.69, 9.17) is 11.6 Å². The topological polar surface area (TPSA) is 86.3 Å². The first-order valence-electron chi connectivity index (χ1n) is 8.59. The third-order valence-electron chi connectivity index (χ3n) is 4.20. The summed E-state index contributed by atoms with van der Waals surface area (Å²) in [5.74, 6) is 0. The Balaban J connectivity index is 0.000000176. The Labute approximate surface area is 171 Å². The van der Waals surface area contributed by atoms with E-state index in [1.54, 1.807) is 24.3 Å². The average molecular weight is 407 g/mol. The van der Waals surface area contributed by atoms with Crippen LogP contribution in [0.4, 0.5) is 11.4 Å². The van der Waals surface area contributed by atoms with Crippen LogP contribution in [0.25, 0.3) is 21.9 Å². The van der Waals surface area contributed by atoms with Gasteiger partial charge in [0, 0.05) is 11.5 Å². The van der Waals surface area contributed by atoms with E-state index >= 15 is 0 Å². The van der Waals surface area contributed by atoms with Gasteiger partial charge in [0.05, 0.1) is 9.85 Å². The molecule has 0 aliphatic carbocycles. The van der Waals surface area contributed by atoms with Crippen molar-refractivity contribution < 1.29 is 9.85 Å². The van der Waals surface area contributed by atoms with Crippen LogP contribution in [0.5, 0.6) is 0 Å². The van der Waals surface area contributed by atoms with Crippen LogP contribution < -0.4 is 0 Å². The molecule has 7 heteroatoms. The number of nitro groups is 2. The van der Waals surface area contributed by atoms with E-state index in [0.717, 1.165) is 6.07 Å². The largest absolute Gasteiger partial charge is 0.365 e. The van der Waals surface area contributed by atoms with Gasteiger partial charge in [0.2, 0.25) is 0 Å². The Morgan fingerprint density at radius 3 is 1.62 bits per heavy atom. The van der Waals surface area contributed by atoms with E-state index in [1.807, 2.05) is 12.1 Å². The van der Waals surface area contributed by atoms with Gasteiger partial charge < -0.3 is 0 Å². The van der Waals surface area contributed by atoms with Gasteiger partial charge in [-0.3, -0.25) is 20.2 Å². The maximum Gasteiger partial charge on any atom is 0.365 e. The minimum Gasteiger partial charge on any atom is -0.258 e. The molecule has 6 nitrogen and oxygen atoms in total. The molecule has 4 rings (SSSR count). The quantitative estimate of drug-likeness (QED) is 0.281. The van der Waals surface area contributed by atoms with Crippen LogP contribution >= 0.6 is 11.6 Å². The lowest BCUT2D eigenvalue weighted by molar-refractivity contribution is -0.422. The van der Waals surface area contributed by atoms with Gasteiger partial charge in [0.25, 0.3) is 0 Å². The van der Waals surface area contributed by atoms with Crippen LogP contribution in [0, 0.1) is 20.2 Å². The highest BCUT2D eigenvalue weighted by molar-refractivity contribution is 6.38. The predicted molar refractivity (Wildman–Crippen MR) is 114 cm³/mol. The second kappa shape index (κ2) is 8.95. The first-order chi connectivity index (χ1) is 14.0. The number of benzene rings is 4. The second-order valence-electron chi connectivity index (χ2n) is 6.03. The summed E-state index contributed by atoms with van der Waals surface area (Å²) < 4.78 is 0. The molecule has 0 aliphatic rings. The summed E-state index contributed by atoms with van der Waals surface area (Å²) in [6, 6.07) is 28.5. The Kier molecular flexibility index (Phi) is 6.16. The smallest absolute Gasteiger partial charge is 0.258 e. The van der Waals surface area contributed by atoms with E-state index in [0.29, 0.717) is 10.8 Å². The van der Waals surface area contributed by atoms with Crippen molar-refractivity contribution in [2.75, 3.05) is 0 Å². The van der Waals surface area contributed by atoms with Gasteiger partial charge in [0.15, 0.2) is 0 Å². The zero-order chi connectivity index (χ0) is 20.8.